The minimum absolute atomic E-state index is 0.0901. The molecule has 3 atom stereocenters. The molecule has 4 heteroatoms. The van der Waals surface area contributed by atoms with E-state index in [0.717, 1.165) is 19.4 Å². The molecule has 2 fully saturated rings. The summed E-state index contributed by atoms with van der Waals surface area (Å²) in [5, 5.41) is 0. The normalized spacial score (nSPS) is 44.8. The summed E-state index contributed by atoms with van der Waals surface area (Å²) < 4.78 is 11.6. The highest BCUT2D eigenvalue weighted by molar-refractivity contribution is 6.18. The first-order chi connectivity index (χ1) is 6.65. The first kappa shape index (κ1) is 10.7. The van der Waals surface area contributed by atoms with Gasteiger partial charge in [-0.25, -0.2) is 0 Å². The Labute approximate surface area is 90.3 Å². The second-order valence-corrected chi connectivity index (χ2v) is 4.71. The molecule has 14 heavy (non-hydrogen) atoms. The van der Waals surface area contributed by atoms with Crippen molar-refractivity contribution in [2.45, 2.75) is 37.7 Å². The van der Waals surface area contributed by atoms with Gasteiger partial charge in [0.15, 0.2) is 5.79 Å². The summed E-state index contributed by atoms with van der Waals surface area (Å²) >= 11 is 5.76. The summed E-state index contributed by atoms with van der Waals surface area (Å²) in [4.78, 5) is 2.34. The van der Waals surface area contributed by atoms with Crippen molar-refractivity contribution in [2.24, 2.45) is 0 Å². The SMILES string of the molecule is CC1CC2(CCN1C)OCC(CCl)O2. The number of nitrogens with zero attached hydrogens (tertiary/aromatic N) is 1. The van der Waals surface area contributed by atoms with E-state index in [1.54, 1.807) is 0 Å². The van der Waals surface area contributed by atoms with Gasteiger partial charge >= 0.3 is 0 Å². The van der Waals surface area contributed by atoms with Crippen molar-refractivity contribution in [2.75, 3.05) is 26.1 Å². The Morgan fingerprint density at radius 1 is 1.57 bits per heavy atom. The Hall–Kier alpha value is 0.170. The molecule has 0 saturated carbocycles. The van der Waals surface area contributed by atoms with Gasteiger partial charge in [-0.3, -0.25) is 0 Å². The zero-order valence-corrected chi connectivity index (χ0v) is 9.59. The molecule has 0 amide bonds. The van der Waals surface area contributed by atoms with Crippen LogP contribution in [0, 0.1) is 0 Å². The van der Waals surface area contributed by atoms with E-state index in [1.165, 1.54) is 0 Å². The lowest BCUT2D eigenvalue weighted by molar-refractivity contribution is -0.200. The van der Waals surface area contributed by atoms with Gasteiger partial charge in [0.05, 0.1) is 18.6 Å². The zero-order valence-electron chi connectivity index (χ0n) is 8.83. The van der Waals surface area contributed by atoms with Crippen LogP contribution >= 0.6 is 11.6 Å². The fourth-order valence-electron chi connectivity index (χ4n) is 2.21. The van der Waals surface area contributed by atoms with Crippen molar-refractivity contribution in [3.8, 4) is 0 Å². The number of ether oxygens (including phenoxy) is 2. The van der Waals surface area contributed by atoms with Crippen molar-refractivity contribution in [1.82, 2.24) is 4.90 Å². The number of piperidine rings is 1. The van der Waals surface area contributed by atoms with Crippen LogP contribution in [0.5, 0.6) is 0 Å². The fraction of sp³-hybridized carbons (Fsp3) is 1.00. The molecule has 3 unspecified atom stereocenters. The number of rotatable bonds is 1. The second-order valence-electron chi connectivity index (χ2n) is 4.40. The van der Waals surface area contributed by atoms with Crippen LogP contribution in [-0.2, 0) is 9.47 Å². The zero-order chi connectivity index (χ0) is 10.2. The van der Waals surface area contributed by atoms with Gasteiger partial charge in [0.1, 0.15) is 0 Å². The summed E-state index contributed by atoms with van der Waals surface area (Å²) in [5.74, 6) is 0.206. The Morgan fingerprint density at radius 3 is 2.93 bits per heavy atom. The van der Waals surface area contributed by atoms with Gasteiger partial charge in [-0.15, -0.1) is 11.6 Å². The van der Waals surface area contributed by atoms with Crippen molar-refractivity contribution in [1.29, 1.82) is 0 Å². The average Bonchev–Trinajstić information content (AvgIpc) is 2.56. The number of likely N-dealkylation sites (tertiary alicyclic amines) is 1. The van der Waals surface area contributed by atoms with Gasteiger partial charge in [0.25, 0.3) is 0 Å². The van der Waals surface area contributed by atoms with Gasteiger partial charge < -0.3 is 14.4 Å². The summed E-state index contributed by atoms with van der Waals surface area (Å²) in [5.41, 5.74) is 0. The van der Waals surface area contributed by atoms with Crippen LogP contribution in [0.3, 0.4) is 0 Å². The molecule has 0 radical (unpaired) electrons. The number of hydrogen-bond donors (Lipinski definition) is 0. The molecule has 82 valence electrons. The van der Waals surface area contributed by atoms with E-state index in [2.05, 4.69) is 18.9 Å². The van der Waals surface area contributed by atoms with Crippen LogP contribution in [0.4, 0.5) is 0 Å². The highest BCUT2D eigenvalue weighted by Gasteiger charge is 2.45. The monoisotopic (exact) mass is 219 g/mol. The largest absolute Gasteiger partial charge is 0.347 e. The van der Waals surface area contributed by atoms with Gasteiger partial charge in [0, 0.05) is 25.4 Å². The van der Waals surface area contributed by atoms with Crippen LogP contribution < -0.4 is 0 Å². The molecular formula is C10H18ClNO2. The van der Waals surface area contributed by atoms with Crippen molar-refractivity contribution in [3.63, 3.8) is 0 Å². The molecule has 0 aliphatic carbocycles. The Kier molecular flexibility index (Phi) is 3.03. The third kappa shape index (κ3) is 1.91. The van der Waals surface area contributed by atoms with Crippen molar-refractivity contribution < 1.29 is 9.47 Å². The molecule has 0 N–H and O–H groups in total. The summed E-state index contributed by atoms with van der Waals surface area (Å²) in [6, 6.07) is 0.526. The summed E-state index contributed by atoms with van der Waals surface area (Å²) in [7, 11) is 2.14. The Morgan fingerprint density at radius 2 is 2.36 bits per heavy atom. The molecular weight excluding hydrogens is 202 g/mol. The maximum atomic E-state index is 5.88. The summed E-state index contributed by atoms with van der Waals surface area (Å²) in [6.45, 7) is 3.90. The molecule has 2 aliphatic rings. The average molecular weight is 220 g/mol. The standard InChI is InChI=1S/C10H18ClNO2/c1-8-5-10(3-4-12(8)2)13-7-9(6-11)14-10/h8-9H,3-7H2,1-2H3. The molecule has 2 heterocycles. The first-order valence-corrected chi connectivity index (χ1v) is 5.77. The van der Waals surface area contributed by atoms with E-state index in [4.69, 9.17) is 21.1 Å². The van der Waals surface area contributed by atoms with E-state index in [1.807, 2.05) is 0 Å². The highest BCUT2D eigenvalue weighted by Crippen LogP contribution is 2.36. The van der Waals surface area contributed by atoms with Crippen molar-refractivity contribution >= 4 is 11.6 Å². The molecule has 2 rings (SSSR count). The minimum Gasteiger partial charge on any atom is -0.347 e. The van der Waals surface area contributed by atoms with Gasteiger partial charge in [-0.2, -0.15) is 0 Å². The maximum Gasteiger partial charge on any atom is 0.171 e. The highest BCUT2D eigenvalue weighted by atomic mass is 35.5. The minimum atomic E-state index is -0.328. The summed E-state index contributed by atoms with van der Waals surface area (Å²) in [6.07, 6.45) is 2.00. The lowest BCUT2D eigenvalue weighted by Gasteiger charge is -2.40. The van der Waals surface area contributed by atoms with E-state index in [-0.39, 0.29) is 11.9 Å². The van der Waals surface area contributed by atoms with Crippen LogP contribution in [0.1, 0.15) is 19.8 Å². The van der Waals surface area contributed by atoms with Gasteiger partial charge in [-0.05, 0) is 14.0 Å². The maximum absolute atomic E-state index is 5.88. The molecule has 0 aromatic rings. The predicted octanol–water partition coefficient (Wildman–Crippen LogP) is 1.45. The van der Waals surface area contributed by atoms with Crippen LogP contribution in [0.15, 0.2) is 0 Å². The first-order valence-electron chi connectivity index (χ1n) is 5.23. The molecule has 2 saturated heterocycles. The molecule has 0 aromatic carbocycles. The third-order valence-electron chi connectivity index (χ3n) is 3.29. The molecule has 2 aliphatic heterocycles. The molecule has 3 nitrogen and oxygen atoms in total. The lowest BCUT2D eigenvalue weighted by Crippen LogP contribution is -2.48. The molecule has 1 spiro atoms. The van der Waals surface area contributed by atoms with E-state index in [9.17, 15) is 0 Å². The van der Waals surface area contributed by atoms with E-state index in [0.29, 0.717) is 18.5 Å². The predicted molar refractivity (Wildman–Crippen MR) is 55.6 cm³/mol. The Bertz CT molecular complexity index is 214. The number of alkyl halides is 1. The molecule has 0 aromatic heterocycles. The lowest BCUT2D eigenvalue weighted by atomic mass is 9.98. The smallest absolute Gasteiger partial charge is 0.171 e. The topological polar surface area (TPSA) is 21.7 Å². The van der Waals surface area contributed by atoms with E-state index < -0.39 is 0 Å². The van der Waals surface area contributed by atoms with Crippen LogP contribution in [0.2, 0.25) is 0 Å². The van der Waals surface area contributed by atoms with Crippen LogP contribution in [-0.4, -0.2) is 48.9 Å². The third-order valence-corrected chi connectivity index (χ3v) is 3.63. The van der Waals surface area contributed by atoms with Gasteiger partial charge in [0.2, 0.25) is 0 Å². The molecule has 0 bridgehead atoms. The fourth-order valence-corrected chi connectivity index (χ4v) is 2.36. The second kappa shape index (κ2) is 3.97. The Balaban J connectivity index is 1.98. The van der Waals surface area contributed by atoms with Gasteiger partial charge in [-0.1, -0.05) is 0 Å². The quantitative estimate of drug-likeness (QED) is 0.624. The number of halogens is 1. The van der Waals surface area contributed by atoms with E-state index >= 15 is 0 Å². The number of hydrogen-bond acceptors (Lipinski definition) is 3. The van der Waals surface area contributed by atoms with Crippen molar-refractivity contribution in [3.05, 3.63) is 0 Å². The van der Waals surface area contributed by atoms with Crippen LogP contribution in [0.25, 0.3) is 0 Å².